The van der Waals surface area contributed by atoms with Crippen LogP contribution in [-0.4, -0.2) is 26.8 Å². The first-order chi connectivity index (χ1) is 9.07. The second-order valence-electron chi connectivity index (χ2n) is 5.44. The summed E-state index contributed by atoms with van der Waals surface area (Å²) in [5.41, 5.74) is 7.38. The molecule has 2 heteroatoms. The number of methoxy groups -OCH3 is 1. The Hall–Kier alpha value is -0.860. The van der Waals surface area contributed by atoms with E-state index in [1.165, 1.54) is 41.5 Å². The van der Waals surface area contributed by atoms with Crippen LogP contribution in [0.15, 0.2) is 6.07 Å². The quantitative estimate of drug-likeness (QED) is 0.725. The first-order valence-corrected chi connectivity index (χ1v) is 7.33. The van der Waals surface area contributed by atoms with Gasteiger partial charge in [0.2, 0.25) is 0 Å². The third-order valence-corrected chi connectivity index (χ3v) is 4.03. The lowest BCUT2D eigenvalue weighted by Gasteiger charge is -2.15. The first kappa shape index (κ1) is 16.2. The molecule has 2 nitrogen and oxygen atoms in total. The fraction of sp³-hybridized carbons (Fsp3) is 0.647. The lowest BCUT2D eigenvalue weighted by molar-refractivity contribution is 0.199. The van der Waals surface area contributed by atoms with Crippen LogP contribution in [0.5, 0.6) is 0 Å². The number of hydrogen-bond donors (Lipinski definition) is 1. The highest BCUT2D eigenvalue weighted by Gasteiger charge is 2.07. The molecule has 0 radical (unpaired) electrons. The van der Waals surface area contributed by atoms with E-state index < -0.39 is 0 Å². The Morgan fingerprint density at radius 2 is 1.58 bits per heavy atom. The predicted molar refractivity (Wildman–Crippen MR) is 83.1 cm³/mol. The Kier molecular flexibility index (Phi) is 7.11. The van der Waals surface area contributed by atoms with Crippen molar-refractivity contribution in [2.24, 2.45) is 0 Å². The minimum Gasteiger partial charge on any atom is -0.383 e. The molecule has 1 aromatic rings. The van der Waals surface area contributed by atoms with E-state index in [1.807, 2.05) is 0 Å². The summed E-state index contributed by atoms with van der Waals surface area (Å²) < 4.78 is 5.01. The summed E-state index contributed by atoms with van der Waals surface area (Å²) in [5.74, 6) is 0. The van der Waals surface area contributed by atoms with E-state index in [9.17, 15) is 0 Å². The molecule has 0 aliphatic rings. The number of rotatable bonds is 8. The SMILES string of the molecule is COCCNCCCCc1c(C)c(C)cc(C)c1C. The average Bonchev–Trinajstić information content (AvgIpc) is 2.39. The highest BCUT2D eigenvalue weighted by molar-refractivity contribution is 5.43. The Morgan fingerprint density at radius 3 is 2.16 bits per heavy atom. The van der Waals surface area contributed by atoms with E-state index >= 15 is 0 Å². The van der Waals surface area contributed by atoms with Gasteiger partial charge >= 0.3 is 0 Å². The lowest BCUT2D eigenvalue weighted by atomic mass is 9.91. The number of unbranched alkanes of at least 4 members (excludes halogenated alkanes) is 1. The number of nitrogens with one attached hydrogen (secondary N) is 1. The van der Waals surface area contributed by atoms with Crippen molar-refractivity contribution >= 4 is 0 Å². The van der Waals surface area contributed by atoms with E-state index in [4.69, 9.17) is 4.74 Å². The van der Waals surface area contributed by atoms with Crippen molar-refractivity contribution in [3.63, 3.8) is 0 Å². The molecule has 0 saturated carbocycles. The van der Waals surface area contributed by atoms with Crippen molar-refractivity contribution in [2.75, 3.05) is 26.8 Å². The van der Waals surface area contributed by atoms with Crippen molar-refractivity contribution < 1.29 is 4.74 Å². The Labute approximate surface area is 118 Å². The smallest absolute Gasteiger partial charge is 0.0587 e. The molecular formula is C17H29NO. The Morgan fingerprint density at radius 1 is 0.947 bits per heavy atom. The second-order valence-corrected chi connectivity index (χ2v) is 5.44. The van der Waals surface area contributed by atoms with Crippen LogP contribution >= 0.6 is 0 Å². The third kappa shape index (κ3) is 4.96. The maximum Gasteiger partial charge on any atom is 0.0587 e. The van der Waals surface area contributed by atoms with Crippen LogP contribution in [0, 0.1) is 27.7 Å². The molecule has 1 N–H and O–H groups in total. The van der Waals surface area contributed by atoms with Gasteiger partial charge in [-0.15, -0.1) is 0 Å². The summed E-state index contributed by atoms with van der Waals surface area (Å²) in [5, 5.41) is 3.40. The van der Waals surface area contributed by atoms with Crippen molar-refractivity contribution in [3.05, 3.63) is 33.9 Å². The summed E-state index contributed by atoms with van der Waals surface area (Å²) in [6, 6.07) is 2.31. The number of aryl methyl sites for hydroxylation is 2. The van der Waals surface area contributed by atoms with Crippen LogP contribution in [0.2, 0.25) is 0 Å². The van der Waals surface area contributed by atoms with Gasteiger partial charge in [0.1, 0.15) is 0 Å². The molecule has 108 valence electrons. The molecule has 0 aromatic heterocycles. The topological polar surface area (TPSA) is 21.3 Å². The standard InChI is InChI=1S/C17H29NO/c1-13-12-14(2)16(4)17(15(13)3)8-6-7-9-18-10-11-19-5/h12,18H,6-11H2,1-5H3. The molecule has 0 fully saturated rings. The fourth-order valence-electron chi connectivity index (χ4n) is 2.52. The number of benzene rings is 1. The van der Waals surface area contributed by atoms with Gasteiger partial charge in [0.25, 0.3) is 0 Å². The molecule has 1 aromatic carbocycles. The molecule has 0 bridgehead atoms. The van der Waals surface area contributed by atoms with Crippen LogP contribution in [0.4, 0.5) is 0 Å². The second kappa shape index (κ2) is 8.34. The van der Waals surface area contributed by atoms with Gasteiger partial charge in [0.15, 0.2) is 0 Å². The highest BCUT2D eigenvalue weighted by Crippen LogP contribution is 2.23. The molecule has 0 heterocycles. The van der Waals surface area contributed by atoms with E-state index in [-0.39, 0.29) is 0 Å². The van der Waals surface area contributed by atoms with Gasteiger partial charge in [-0.3, -0.25) is 0 Å². The summed E-state index contributed by atoms with van der Waals surface area (Å²) in [7, 11) is 1.74. The largest absolute Gasteiger partial charge is 0.383 e. The Balaban J connectivity index is 2.41. The van der Waals surface area contributed by atoms with E-state index in [0.29, 0.717) is 0 Å². The maximum absolute atomic E-state index is 5.01. The van der Waals surface area contributed by atoms with Crippen LogP contribution in [0.25, 0.3) is 0 Å². The molecule has 1 rings (SSSR count). The molecule has 0 amide bonds. The molecule has 19 heavy (non-hydrogen) atoms. The zero-order valence-electron chi connectivity index (χ0n) is 13.2. The molecule has 0 aliphatic carbocycles. The molecule has 0 saturated heterocycles. The van der Waals surface area contributed by atoms with E-state index in [0.717, 1.165) is 19.7 Å². The lowest BCUT2D eigenvalue weighted by Crippen LogP contribution is -2.20. The Bertz CT molecular complexity index is 372. The zero-order chi connectivity index (χ0) is 14.3. The molecule has 0 spiro atoms. The molecule has 0 unspecified atom stereocenters. The van der Waals surface area contributed by atoms with Crippen LogP contribution in [0.1, 0.15) is 40.7 Å². The summed E-state index contributed by atoms with van der Waals surface area (Å²) in [4.78, 5) is 0. The summed E-state index contributed by atoms with van der Waals surface area (Å²) in [6.45, 7) is 11.8. The number of hydrogen-bond acceptors (Lipinski definition) is 2. The van der Waals surface area contributed by atoms with E-state index in [2.05, 4.69) is 39.1 Å². The first-order valence-electron chi connectivity index (χ1n) is 7.33. The van der Waals surface area contributed by atoms with Gasteiger partial charge in [-0.2, -0.15) is 0 Å². The summed E-state index contributed by atoms with van der Waals surface area (Å²) >= 11 is 0. The van der Waals surface area contributed by atoms with Crippen molar-refractivity contribution in [1.29, 1.82) is 0 Å². The fourth-order valence-corrected chi connectivity index (χ4v) is 2.52. The maximum atomic E-state index is 5.01. The van der Waals surface area contributed by atoms with Crippen LogP contribution < -0.4 is 5.32 Å². The normalized spacial score (nSPS) is 11.0. The molecule has 0 aliphatic heterocycles. The van der Waals surface area contributed by atoms with Crippen molar-refractivity contribution in [2.45, 2.75) is 47.0 Å². The minimum atomic E-state index is 0.801. The average molecular weight is 263 g/mol. The monoisotopic (exact) mass is 263 g/mol. The van der Waals surface area contributed by atoms with Gasteiger partial charge in [-0.05, 0) is 81.3 Å². The van der Waals surface area contributed by atoms with Gasteiger partial charge in [0, 0.05) is 13.7 Å². The van der Waals surface area contributed by atoms with Crippen molar-refractivity contribution in [1.82, 2.24) is 5.32 Å². The van der Waals surface area contributed by atoms with Gasteiger partial charge in [0.05, 0.1) is 6.61 Å². The highest BCUT2D eigenvalue weighted by atomic mass is 16.5. The third-order valence-electron chi connectivity index (χ3n) is 4.03. The van der Waals surface area contributed by atoms with E-state index in [1.54, 1.807) is 12.7 Å². The van der Waals surface area contributed by atoms with Gasteiger partial charge < -0.3 is 10.1 Å². The predicted octanol–water partition coefficient (Wildman–Crippen LogP) is 3.48. The zero-order valence-corrected chi connectivity index (χ0v) is 13.2. The minimum absolute atomic E-state index is 0.801. The van der Waals surface area contributed by atoms with Gasteiger partial charge in [-0.25, -0.2) is 0 Å². The van der Waals surface area contributed by atoms with Crippen LogP contribution in [-0.2, 0) is 11.2 Å². The molecule has 0 atom stereocenters. The van der Waals surface area contributed by atoms with Crippen molar-refractivity contribution in [3.8, 4) is 0 Å². The number of ether oxygens (including phenoxy) is 1. The van der Waals surface area contributed by atoms with Crippen LogP contribution in [0.3, 0.4) is 0 Å². The summed E-state index contributed by atoms with van der Waals surface area (Å²) in [6.07, 6.45) is 3.69. The molecular weight excluding hydrogens is 234 g/mol. The van der Waals surface area contributed by atoms with Gasteiger partial charge in [-0.1, -0.05) is 6.07 Å².